The van der Waals surface area contributed by atoms with E-state index >= 15 is 0 Å². The lowest BCUT2D eigenvalue weighted by atomic mass is 10.2. The molecule has 3 rings (SSSR count). The summed E-state index contributed by atoms with van der Waals surface area (Å²) in [5.74, 6) is 0.0446. The number of nitrogens with two attached hydrogens (primary N) is 1. The van der Waals surface area contributed by atoms with Crippen molar-refractivity contribution in [3.05, 3.63) is 29.6 Å². The average molecular weight is 273 g/mol. The standard InChI is InChI=1S/C15H23N5/c16-15(17)14-9-12(3-5-18-14)10-19-8-4-13(11-19)20-6-1-2-7-20/h3,5,9,13H,1-2,4,6-8,10-11H2,(H3,16,17). The molecule has 2 fully saturated rings. The zero-order chi connectivity index (χ0) is 13.9. The molecule has 2 saturated heterocycles. The van der Waals surface area contributed by atoms with Gasteiger partial charge in [0.2, 0.25) is 0 Å². The number of aromatic nitrogens is 1. The van der Waals surface area contributed by atoms with Gasteiger partial charge in [-0.25, -0.2) is 0 Å². The summed E-state index contributed by atoms with van der Waals surface area (Å²) in [6, 6.07) is 4.70. The lowest BCUT2D eigenvalue weighted by molar-refractivity contribution is 0.230. The van der Waals surface area contributed by atoms with E-state index in [-0.39, 0.29) is 5.84 Å². The summed E-state index contributed by atoms with van der Waals surface area (Å²) >= 11 is 0. The number of nitrogens with zero attached hydrogens (tertiary/aromatic N) is 3. The normalized spacial score (nSPS) is 24.3. The van der Waals surface area contributed by atoms with Crippen LogP contribution in [-0.2, 0) is 6.54 Å². The molecule has 20 heavy (non-hydrogen) atoms. The molecule has 0 aliphatic carbocycles. The second-order valence-corrected chi connectivity index (χ2v) is 5.88. The molecular weight excluding hydrogens is 250 g/mol. The van der Waals surface area contributed by atoms with Gasteiger partial charge in [0.25, 0.3) is 0 Å². The number of nitrogen functional groups attached to an aromatic ring is 1. The molecule has 0 radical (unpaired) electrons. The molecule has 5 heteroatoms. The summed E-state index contributed by atoms with van der Waals surface area (Å²) < 4.78 is 0. The van der Waals surface area contributed by atoms with E-state index in [1.165, 1.54) is 44.5 Å². The average Bonchev–Trinajstić information content (AvgIpc) is 3.09. The molecule has 5 nitrogen and oxygen atoms in total. The van der Waals surface area contributed by atoms with Crippen LogP contribution in [0.1, 0.15) is 30.5 Å². The molecule has 1 aromatic rings. The van der Waals surface area contributed by atoms with Crippen LogP contribution in [0.25, 0.3) is 0 Å². The lowest BCUT2D eigenvalue weighted by Gasteiger charge is -2.23. The lowest BCUT2D eigenvalue weighted by Crippen LogP contribution is -2.35. The van der Waals surface area contributed by atoms with Crippen molar-refractivity contribution in [3.63, 3.8) is 0 Å². The largest absolute Gasteiger partial charge is 0.382 e. The van der Waals surface area contributed by atoms with Crippen LogP contribution in [0.15, 0.2) is 18.3 Å². The predicted molar refractivity (Wildman–Crippen MR) is 79.7 cm³/mol. The Kier molecular flexibility index (Phi) is 3.98. The van der Waals surface area contributed by atoms with Gasteiger partial charge in [0.15, 0.2) is 0 Å². The van der Waals surface area contributed by atoms with Gasteiger partial charge in [-0.05, 0) is 50.0 Å². The first-order valence-corrected chi connectivity index (χ1v) is 7.48. The topological polar surface area (TPSA) is 69.2 Å². The van der Waals surface area contributed by atoms with E-state index < -0.39 is 0 Å². The molecule has 2 aliphatic heterocycles. The molecule has 108 valence electrons. The number of likely N-dealkylation sites (tertiary alicyclic amines) is 2. The van der Waals surface area contributed by atoms with Crippen LogP contribution in [-0.4, -0.2) is 52.8 Å². The minimum atomic E-state index is 0.0446. The number of hydrogen-bond donors (Lipinski definition) is 2. The Hall–Kier alpha value is -1.46. The van der Waals surface area contributed by atoms with Gasteiger partial charge in [0, 0.05) is 31.9 Å². The summed E-state index contributed by atoms with van der Waals surface area (Å²) in [4.78, 5) is 9.26. The number of hydrogen-bond acceptors (Lipinski definition) is 4. The highest BCUT2D eigenvalue weighted by molar-refractivity contribution is 5.93. The van der Waals surface area contributed by atoms with Crippen LogP contribution >= 0.6 is 0 Å². The van der Waals surface area contributed by atoms with E-state index in [1.54, 1.807) is 6.20 Å². The van der Waals surface area contributed by atoms with Crippen molar-refractivity contribution in [2.75, 3.05) is 26.2 Å². The molecule has 1 unspecified atom stereocenters. The monoisotopic (exact) mass is 273 g/mol. The van der Waals surface area contributed by atoms with Gasteiger partial charge >= 0.3 is 0 Å². The Balaban J connectivity index is 1.58. The Labute approximate surface area is 120 Å². The van der Waals surface area contributed by atoms with Crippen molar-refractivity contribution in [1.29, 1.82) is 5.41 Å². The summed E-state index contributed by atoms with van der Waals surface area (Å²) in [6.07, 6.45) is 5.76. The fourth-order valence-electron chi connectivity index (χ4n) is 3.34. The first kappa shape index (κ1) is 13.5. The van der Waals surface area contributed by atoms with Crippen molar-refractivity contribution in [3.8, 4) is 0 Å². The fraction of sp³-hybridized carbons (Fsp3) is 0.600. The maximum Gasteiger partial charge on any atom is 0.141 e. The van der Waals surface area contributed by atoms with Gasteiger partial charge in [-0.1, -0.05) is 0 Å². The van der Waals surface area contributed by atoms with E-state index in [0.717, 1.165) is 19.1 Å². The van der Waals surface area contributed by atoms with Crippen LogP contribution in [0.5, 0.6) is 0 Å². The molecular formula is C15H23N5. The molecule has 2 aliphatic rings. The van der Waals surface area contributed by atoms with E-state index in [2.05, 4.69) is 14.8 Å². The highest BCUT2D eigenvalue weighted by Crippen LogP contribution is 2.21. The van der Waals surface area contributed by atoms with E-state index in [1.807, 2.05) is 12.1 Å². The third-order valence-corrected chi connectivity index (χ3v) is 4.41. The molecule has 3 N–H and O–H groups in total. The number of pyridine rings is 1. The summed E-state index contributed by atoms with van der Waals surface area (Å²) in [6.45, 7) is 5.83. The minimum Gasteiger partial charge on any atom is -0.382 e. The molecule has 3 heterocycles. The first-order chi connectivity index (χ1) is 9.72. The van der Waals surface area contributed by atoms with Crippen LogP contribution in [0, 0.1) is 5.41 Å². The quantitative estimate of drug-likeness (QED) is 0.635. The first-order valence-electron chi connectivity index (χ1n) is 7.48. The van der Waals surface area contributed by atoms with Crippen molar-refractivity contribution in [1.82, 2.24) is 14.8 Å². The maximum absolute atomic E-state index is 7.46. The van der Waals surface area contributed by atoms with Crippen LogP contribution in [0.3, 0.4) is 0 Å². The summed E-state index contributed by atoms with van der Waals surface area (Å²) in [5, 5.41) is 7.46. The summed E-state index contributed by atoms with van der Waals surface area (Å²) in [7, 11) is 0. The number of rotatable bonds is 4. The Morgan fingerprint density at radius 2 is 2.15 bits per heavy atom. The van der Waals surface area contributed by atoms with E-state index in [0.29, 0.717) is 5.69 Å². The second kappa shape index (κ2) is 5.89. The molecule has 0 amide bonds. The maximum atomic E-state index is 7.46. The Morgan fingerprint density at radius 1 is 1.35 bits per heavy atom. The van der Waals surface area contributed by atoms with Gasteiger partial charge in [-0.15, -0.1) is 0 Å². The van der Waals surface area contributed by atoms with Gasteiger partial charge < -0.3 is 5.73 Å². The highest BCUT2D eigenvalue weighted by atomic mass is 15.3. The Morgan fingerprint density at radius 3 is 2.90 bits per heavy atom. The molecule has 0 saturated carbocycles. The zero-order valence-electron chi connectivity index (χ0n) is 11.9. The van der Waals surface area contributed by atoms with Gasteiger partial charge in [0.1, 0.15) is 11.5 Å². The fourth-order valence-corrected chi connectivity index (χ4v) is 3.34. The van der Waals surface area contributed by atoms with E-state index in [4.69, 9.17) is 11.1 Å². The highest BCUT2D eigenvalue weighted by Gasteiger charge is 2.29. The predicted octanol–water partition coefficient (Wildman–Crippen LogP) is 1.04. The van der Waals surface area contributed by atoms with Crippen LogP contribution in [0.2, 0.25) is 0 Å². The number of nitrogens with one attached hydrogen (secondary N) is 1. The number of amidine groups is 1. The third kappa shape index (κ3) is 2.99. The molecule has 0 spiro atoms. The van der Waals surface area contributed by atoms with E-state index in [9.17, 15) is 0 Å². The van der Waals surface area contributed by atoms with Gasteiger partial charge in [-0.3, -0.25) is 20.2 Å². The van der Waals surface area contributed by atoms with Gasteiger partial charge in [-0.2, -0.15) is 0 Å². The second-order valence-electron chi connectivity index (χ2n) is 5.88. The smallest absolute Gasteiger partial charge is 0.141 e. The molecule has 1 atom stereocenters. The van der Waals surface area contributed by atoms with Gasteiger partial charge in [0.05, 0.1) is 0 Å². The SMILES string of the molecule is N=C(N)c1cc(CN2CCC(N3CCCC3)C2)ccn1. The van der Waals surface area contributed by atoms with Crippen molar-refractivity contribution in [2.24, 2.45) is 5.73 Å². The third-order valence-electron chi connectivity index (χ3n) is 4.41. The van der Waals surface area contributed by atoms with Crippen LogP contribution in [0.4, 0.5) is 0 Å². The van der Waals surface area contributed by atoms with Crippen LogP contribution < -0.4 is 5.73 Å². The molecule has 0 aromatic carbocycles. The molecule has 0 bridgehead atoms. The van der Waals surface area contributed by atoms with Crippen molar-refractivity contribution in [2.45, 2.75) is 31.8 Å². The van der Waals surface area contributed by atoms with Crippen molar-refractivity contribution >= 4 is 5.84 Å². The van der Waals surface area contributed by atoms with Crippen molar-refractivity contribution < 1.29 is 0 Å². The zero-order valence-corrected chi connectivity index (χ0v) is 11.9. The molecule has 1 aromatic heterocycles. The minimum absolute atomic E-state index is 0.0446. The summed E-state index contributed by atoms with van der Waals surface area (Å²) in [5.41, 5.74) is 7.28. The Bertz CT molecular complexity index is 481.